The highest BCUT2D eigenvalue weighted by molar-refractivity contribution is 7.18. The van der Waals surface area contributed by atoms with E-state index in [0.29, 0.717) is 12.1 Å². The molecule has 3 rings (SSSR count). The van der Waals surface area contributed by atoms with Gasteiger partial charge >= 0.3 is 0 Å². The SMILES string of the molecule is Cc1ccc(C(=O)NCC(=O)N(C)Cc2nc3ccccc3s2)cc1[N+](=O)[O-]. The van der Waals surface area contributed by atoms with Crippen molar-refractivity contribution in [2.24, 2.45) is 0 Å². The maximum absolute atomic E-state index is 12.3. The Morgan fingerprint density at radius 1 is 1.25 bits per heavy atom. The Kier molecular flexibility index (Phi) is 5.65. The number of aromatic nitrogens is 1. The van der Waals surface area contributed by atoms with Crippen molar-refractivity contribution in [1.29, 1.82) is 0 Å². The van der Waals surface area contributed by atoms with Crippen LogP contribution in [0.4, 0.5) is 5.69 Å². The summed E-state index contributed by atoms with van der Waals surface area (Å²) in [6.07, 6.45) is 0. The molecule has 0 bridgehead atoms. The minimum Gasteiger partial charge on any atom is -0.343 e. The lowest BCUT2D eigenvalue weighted by Crippen LogP contribution is -2.37. The molecule has 1 N–H and O–H groups in total. The molecule has 144 valence electrons. The van der Waals surface area contributed by atoms with Gasteiger partial charge in [-0.25, -0.2) is 4.98 Å². The number of carbonyl (C=O) groups is 2. The van der Waals surface area contributed by atoms with Crippen molar-refractivity contribution < 1.29 is 14.5 Å². The molecule has 3 aromatic rings. The fourth-order valence-corrected chi connectivity index (χ4v) is 3.64. The first-order valence-corrected chi connectivity index (χ1v) is 9.28. The lowest BCUT2D eigenvalue weighted by Gasteiger charge is -2.16. The van der Waals surface area contributed by atoms with E-state index >= 15 is 0 Å². The van der Waals surface area contributed by atoms with Gasteiger partial charge in [-0.15, -0.1) is 11.3 Å². The number of thiazole rings is 1. The van der Waals surface area contributed by atoms with Crippen LogP contribution in [0.5, 0.6) is 0 Å². The summed E-state index contributed by atoms with van der Waals surface area (Å²) in [5.41, 5.74) is 1.36. The molecule has 0 atom stereocenters. The Hall–Kier alpha value is -3.33. The third kappa shape index (κ3) is 4.32. The average molecular weight is 398 g/mol. The van der Waals surface area contributed by atoms with Crippen molar-refractivity contribution in [3.63, 3.8) is 0 Å². The molecule has 0 aliphatic rings. The molecule has 1 heterocycles. The molecule has 0 fully saturated rings. The summed E-state index contributed by atoms with van der Waals surface area (Å²) in [5, 5.41) is 14.3. The van der Waals surface area contributed by atoms with Gasteiger partial charge in [-0.3, -0.25) is 19.7 Å². The summed E-state index contributed by atoms with van der Waals surface area (Å²) < 4.78 is 1.05. The van der Waals surface area contributed by atoms with Gasteiger partial charge in [0.05, 0.1) is 28.2 Å². The molecule has 2 amide bonds. The number of nitro groups is 1. The van der Waals surface area contributed by atoms with Crippen molar-refractivity contribution >= 4 is 39.1 Å². The fraction of sp³-hybridized carbons (Fsp3) is 0.211. The predicted molar refractivity (Wildman–Crippen MR) is 106 cm³/mol. The third-order valence-corrected chi connectivity index (χ3v) is 5.23. The van der Waals surface area contributed by atoms with Gasteiger partial charge < -0.3 is 10.2 Å². The van der Waals surface area contributed by atoms with E-state index in [1.807, 2.05) is 24.3 Å². The molecule has 0 spiro atoms. The molecular weight excluding hydrogens is 380 g/mol. The summed E-state index contributed by atoms with van der Waals surface area (Å²) in [5.74, 6) is -0.820. The van der Waals surface area contributed by atoms with Gasteiger partial charge in [0.1, 0.15) is 5.01 Å². The van der Waals surface area contributed by atoms with Gasteiger partial charge in [-0.05, 0) is 25.1 Å². The van der Waals surface area contributed by atoms with Crippen LogP contribution < -0.4 is 5.32 Å². The largest absolute Gasteiger partial charge is 0.343 e. The van der Waals surface area contributed by atoms with E-state index in [9.17, 15) is 19.7 Å². The highest BCUT2D eigenvalue weighted by Crippen LogP contribution is 2.22. The van der Waals surface area contributed by atoms with E-state index in [1.165, 1.54) is 34.4 Å². The number of benzene rings is 2. The van der Waals surface area contributed by atoms with E-state index in [1.54, 1.807) is 14.0 Å². The zero-order chi connectivity index (χ0) is 20.3. The molecule has 0 saturated heterocycles. The van der Waals surface area contributed by atoms with Crippen LogP contribution in [0.2, 0.25) is 0 Å². The summed E-state index contributed by atoms with van der Waals surface area (Å²) in [6.45, 7) is 1.73. The molecule has 1 aromatic heterocycles. The van der Waals surface area contributed by atoms with Crippen LogP contribution in [0, 0.1) is 17.0 Å². The lowest BCUT2D eigenvalue weighted by molar-refractivity contribution is -0.385. The van der Waals surface area contributed by atoms with E-state index in [-0.39, 0.29) is 23.7 Å². The second-order valence-corrected chi connectivity index (χ2v) is 7.38. The number of carbonyl (C=O) groups excluding carboxylic acids is 2. The van der Waals surface area contributed by atoms with Gasteiger partial charge in [0.15, 0.2) is 0 Å². The molecule has 0 saturated carbocycles. The van der Waals surface area contributed by atoms with Crippen LogP contribution in [0.25, 0.3) is 10.2 Å². The van der Waals surface area contributed by atoms with Gasteiger partial charge in [0.2, 0.25) is 5.91 Å². The first kappa shape index (κ1) is 19.4. The standard InChI is InChI=1S/C19H18N4O4S/c1-12-7-8-13(9-15(12)23(26)27)19(25)20-10-18(24)22(2)11-17-21-14-5-3-4-6-16(14)28-17/h3-9H,10-11H2,1-2H3,(H,20,25). The third-order valence-electron chi connectivity index (χ3n) is 4.20. The molecule has 8 nitrogen and oxygen atoms in total. The number of amides is 2. The van der Waals surface area contributed by atoms with E-state index in [4.69, 9.17) is 0 Å². The number of para-hydroxylation sites is 1. The minimum atomic E-state index is -0.539. The number of aryl methyl sites for hydroxylation is 1. The number of hydrogen-bond acceptors (Lipinski definition) is 6. The van der Waals surface area contributed by atoms with Crippen molar-refractivity contribution in [1.82, 2.24) is 15.2 Å². The zero-order valence-corrected chi connectivity index (χ0v) is 16.2. The summed E-state index contributed by atoms with van der Waals surface area (Å²) in [4.78, 5) is 41.0. The quantitative estimate of drug-likeness (QED) is 0.508. The van der Waals surface area contributed by atoms with Crippen molar-refractivity contribution in [3.8, 4) is 0 Å². The fourth-order valence-electron chi connectivity index (χ4n) is 2.62. The van der Waals surface area contributed by atoms with Crippen molar-refractivity contribution in [2.75, 3.05) is 13.6 Å². The van der Waals surface area contributed by atoms with E-state index in [0.717, 1.165) is 15.2 Å². The molecule has 28 heavy (non-hydrogen) atoms. The average Bonchev–Trinajstić information content (AvgIpc) is 3.08. The van der Waals surface area contributed by atoms with Crippen LogP contribution in [-0.4, -0.2) is 40.2 Å². The normalized spacial score (nSPS) is 10.6. The van der Waals surface area contributed by atoms with Gasteiger partial charge in [-0.2, -0.15) is 0 Å². The number of nitro benzene ring substituents is 1. The van der Waals surface area contributed by atoms with Crippen LogP contribution in [0.3, 0.4) is 0 Å². The summed E-state index contributed by atoms with van der Waals surface area (Å²) >= 11 is 1.51. The Bertz CT molecular complexity index is 1030. The maximum Gasteiger partial charge on any atom is 0.273 e. The Balaban J connectivity index is 1.59. The smallest absolute Gasteiger partial charge is 0.273 e. The lowest BCUT2D eigenvalue weighted by atomic mass is 10.1. The predicted octanol–water partition coefficient (Wildman–Crippen LogP) is 2.90. The molecule has 0 unspecified atom stereocenters. The first-order chi connectivity index (χ1) is 13.3. The second-order valence-electron chi connectivity index (χ2n) is 6.27. The number of likely N-dealkylation sites (N-methyl/N-ethyl adjacent to an activating group) is 1. The van der Waals surface area contributed by atoms with Crippen LogP contribution in [0.15, 0.2) is 42.5 Å². The monoisotopic (exact) mass is 398 g/mol. The number of fused-ring (bicyclic) bond motifs is 1. The number of rotatable bonds is 6. The summed E-state index contributed by atoms with van der Waals surface area (Å²) in [7, 11) is 1.64. The first-order valence-electron chi connectivity index (χ1n) is 8.47. The summed E-state index contributed by atoms with van der Waals surface area (Å²) in [6, 6.07) is 11.9. The topological polar surface area (TPSA) is 105 Å². The van der Waals surface area contributed by atoms with Gasteiger partial charge in [0, 0.05) is 24.2 Å². The molecule has 0 aliphatic carbocycles. The number of hydrogen-bond donors (Lipinski definition) is 1. The Morgan fingerprint density at radius 3 is 2.71 bits per heavy atom. The second kappa shape index (κ2) is 8.13. The van der Waals surface area contributed by atoms with Gasteiger partial charge in [-0.1, -0.05) is 18.2 Å². The highest BCUT2D eigenvalue weighted by atomic mass is 32.1. The van der Waals surface area contributed by atoms with E-state index in [2.05, 4.69) is 10.3 Å². The van der Waals surface area contributed by atoms with Crippen molar-refractivity contribution in [3.05, 3.63) is 68.7 Å². The molecule has 0 aliphatic heterocycles. The number of nitrogens with zero attached hydrogens (tertiary/aromatic N) is 3. The molecule has 9 heteroatoms. The Labute approximate surface area is 165 Å². The van der Waals surface area contributed by atoms with Gasteiger partial charge in [0.25, 0.3) is 11.6 Å². The number of nitrogens with one attached hydrogen (secondary N) is 1. The molecule has 2 aromatic carbocycles. The van der Waals surface area contributed by atoms with Crippen molar-refractivity contribution in [2.45, 2.75) is 13.5 Å². The Morgan fingerprint density at radius 2 is 2.00 bits per heavy atom. The molecular formula is C19H18N4O4S. The zero-order valence-electron chi connectivity index (χ0n) is 15.3. The highest BCUT2D eigenvalue weighted by Gasteiger charge is 2.17. The van der Waals surface area contributed by atoms with E-state index < -0.39 is 10.8 Å². The van der Waals surface area contributed by atoms with Crippen LogP contribution in [0.1, 0.15) is 20.9 Å². The maximum atomic E-state index is 12.3. The van der Waals surface area contributed by atoms with Crippen LogP contribution in [-0.2, 0) is 11.3 Å². The molecule has 0 radical (unpaired) electrons. The minimum absolute atomic E-state index is 0.132. The van der Waals surface area contributed by atoms with Crippen LogP contribution >= 0.6 is 11.3 Å².